The number of carbonyl (C=O) groups is 1. The number of carbonyl (C=O) groups excluding carboxylic acids is 1. The molecule has 5 nitrogen and oxygen atoms in total. The second kappa shape index (κ2) is 7.60. The van der Waals surface area contributed by atoms with Crippen molar-refractivity contribution in [3.8, 4) is 0 Å². The second-order valence-corrected chi connectivity index (χ2v) is 7.54. The van der Waals surface area contributed by atoms with E-state index in [0.717, 1.165) is 39.9 Å². The molecule has 0 spiro atoms. The van der Waals surface area contributed by atoms with Crippen LogP contribution in [-0.2, 0) is 21.4 Å². The third-order valence-corrected chi connectivity index (χ3v) is 4.59. The molecule has 0 aliphatic heterocycles. The zero-order valence-electron chi connectivity index (χ0n) is 13.8. The van der Waals surface area contributed by atoms with Crippen molar-refractivity contribution in [1.29, 1.82) is 0 Å². The largest absolute Gasteiger partial charge is 0.350 e. The zero-order valence-corrected chi connectivity index (χ0v) is 14.6. The van der Waals surface area contributed by atoms with Crippen molar-refractivity contribution in [3.63, 3.8) is 0 Å². The van der Waals surface area contributed by atoms with E-state index in [2.05, 4.69) is 5.32 Å². The number of benzene rings is 2. The number of amides is 1. The number of aryl methyl sites for hydroxylation is 1. The van der Waals surface area contributed by atoms with Gasteiger partial charge in [-0.3, -0.25) is 9.10 Å². The van der Waals surface area contributed by atoms with E-state index < -0.39 is 34.1 Å². The lowest BCUT2D eigenvalue weighted by molar-refractivity contribution is -0.119. The molecule has 0 aliphatic carbocycles. The summed E-state index contributed by atoms with van der Waals surface area (Å²) in [7, 11) is -3.85. The van der Waals surface area contributed by atoms with Crippen molar-refractivity contribution in [1.82, 2.24) is 5.32 Å². The minimum absolute atomic E-state index is 0.118. The third-order valence-electron chi connectivity index (χ3n) is 3.45. The first-order valence-electron chi connectivity index (χ1n) is 7.42. The third kappa shape index (κ3) is 5.25. The minimum Gasteiger partial charge on any atom is -0.350 e. The SMILES string of the molecule is Cc1cccc(CNC(=O)CN(c2ccc(F)c(F)c2)S(C)(=O)=O)c1. The number of hydrogen-bond donors (Lipinski definition) is 1. The molecule has 0 saturated heterocycles. The molecule has 0 heterocycles. The number of rotatable bonds is 6. The predicted octanol–water partition coefficient (Wildman–Crippen LogP) is 2.36. The van der Waals surface area contributed by atoms with Gasteiger partial charge in [0.2, 0.25) is 15.9 Å². The summed E-state index contributed by atoms with van der Waals surface area (Å²) in [4.78, 5) is 12.1. The summed E-state index contributed by atoms with van der Waals surface area (Å²) in [6, 6.07) is 10.1. The van der Waals surface area contributed by atoms with Gasteiger partial charge in [0, 0.05) is 12.6 Å². The van der Waals surface area contributed by atoms with Crippen LogP contribution in [0.4, 0.5) is 14.5 Å². The number of sulfonamides is 1. The van der Waals surface area contributed by atoms with Gasteiger partial charge in [-0.25, -0.2) is 17.2 Å². The van der Waals surface area contributed by atoms with Gasteiger partial charge >= 0.3 is 0 Å². The van der Waals surface area contributed by atoms with Crippen molar-refractivity contribution < 1.29 is 22.0 Å². The van der Waals surface area contributed by atoms with Crippen LogP contribution in [-0.4, -0.2) is 27.1 Å². The summed E-state index contributed by atoms with van der Waals surface area (Å²) in [5.74, 6) is -2.84. The first-order chi connectivity index (χ1) is 11.7. The molecule has 134 valence electrons. The summed E-state index contributed by atoms with van der Waals surface area (Å²) in [5, 5.41) is 2.61. The van der Waals surface area contributed by atoms with Crippen molar-refractivity contribution in [2.45, 2.75) is 13.5 Å². The summed E-state index contributed by atoms with van der Waals surface area (Å²) in [6.45, 7) is 1.62. The summed E-state index contributed by atoms with van der Waals surface area (Å²) in [6.07, 6.45) is 0.891. The van der Waals surface area contributed by atoms with Crippen LogP contribution in [0.2, 0.25) is 0 Å². The van der Waals surface area contributed by atoms with Crippen molar-refractivity contribution in [3.05, 3.63) is 65.2 Å². The van der Waals surface area contributed by atoms with Gasteiger partial charge in [0.15, 0.2) is 11.6 Å². The molecule has 8 heteroatoms. The fraction of sp³-hybridized carbons (Fsp3) is 0.235. The molecule has 0 bridgehead atoms. The summed E-state index contributed by atoms with van der Waals surface area (Å²) >= 11 is 0. The average Bonchev–Trinajstić information content (AvgIpc) is 2.52. The molecule has 1 N–H and O–H groups in total. The quantitative estimate of drug-likeness (QED) is 0.851. The smallest absolute Gasteiger partial charge is 0.241 e. The standard InChI is InChI=1S/C17H18F2N2O3S/c1-12-4-3-5-13(8-12)10-20-17(22)11-21(25(2,23)24)14-6-7-15(18)16(19)9-14/h3-9H,10-11H2,1-2H3,(H,20,22). The molecular weight excluding hydrogens is 350 g/mol. The van der Waals surface area contributed by atoms with Crippen molar-refractivity contribution in [2.75, 3.05) is 17.1 Å². The van der Waals surface area contributed by atoms with E-state index >= 15 is 0 Å². The molecule has 1 amide bonds. The highest BCUT2D eigenvalue weighted by Gasteiger charge is 2.22. The number of hydrogen-bond acceptors (Lipinski definition) is 3. The number of nitrogens with zero attached hydrogens (tertiary/aromatic N) is 1. The Balaban J connectivity index is 2.11. The maximum absolute atomic E-state index is 13.4. The van der Waals surface area contributed by atoms with Gasteiger partial charge in [0.1, 0.15) is 6.54 Å². The Hall–Kier alpha value is -2.48. The monoisotopic (exact) mass is 368 g/mol. The van der Waals surface area contributed by atoms with Crippen LogP contribution in [0.5, 0.6) is 0 Å². The van der Waals surface area contributed by atoms with Gasteiger partial charge in [-0.2, -0.15) is 0 Å². The van der Waals surface area contributed by atoms with Gasteiger partial charge in [-0.15, -0.1) is 0 Å². The van der Waals surface area contributed by atoms with Crippen LogP contribution in [0.1, 0.15) is 11.1 Å². The van der Waals surface area contributed by atoms with Crippen LogP contribution in [0, 0.1) is 18.6 Å². The molecule has 0 atom stereocenters. The van der Waals surface area contributed by atoms with Gasteiger partial charge in [0.25, 0.3) is 0 Å². The molecule has 2 aromatic rings. The van der Waals surface area contributed by atoms with Gasteiger partial charge in [-0.05, 0) is 24.6 Å². The molecule has 0 saturated carbocycles. The van der Waals surface area contributed by atoms with E-state index in [1.165, 1.54) is 0 Å². The summed E-state index contributed by atoms with van der Waals surface area (Å²) < 4.78 is 51.0. The van der Waals surface area contributed by atoms with Gasteiger partial charge < -0.3 is 5.32 Å². The maximum Gasteiger partial charge on any atom is 0.241 e. The van der Waals surface area contributed by atoms with Gasteiger partial charge in [0.05, 0.1) is 11.9 Å². The Bertz CT molecular complexity index is 885. The topological polar surface area (TPSA) is 66.5 Å². The summed E-state index contributed by atoms with van der Waals surface area (Å²) in [5.41, 5.74) is 1.78. The van der Waals surface area contributed by atoms with E-state index in [-0.39, 0.29) is 12.2 Å². The van der Waals surface area contributed by atoms with Crippen LogP contribution in [0.15, 0.2) is 42.5 Å². The van der Waals surface area contributed by atoms with Crippen LogP contribution in [0.3, 0.4) is 0 Å². The normalized spacial score (nSPS) is 11.2. The Labute approximate surface area is 145 Å². The lowest BCUT2D eigenvalue weighted by Gasteiger charge is -2.22. The first-order valence-corrected chi connectivity index (χ1v) is 9.26. The van der Waals surface area contributed by atoms with Gasteiger partial charge in [-0.1, -0.05) is 29.8 Å². The highest BCUT2D eigenvalue weighted by molar-refractivity contribution is 7.92. The molecule has 0 fully saturated rings. The van der Waals surface area contributed by atoms with E-state index in [1.54, 1.807) is 0 Å². The molecular formula is C17H18F2N2O3S. The molecule has 0 aromatic heterocycles. The van der Waals surface area contributed by atoms with Crippen molar-refractivity contribution in [2.24, 2.45) is 0 Å². The van der Waals surface area contributed by atoms with E-state index in [4.69, 9.17) is 0 Å². The lowest BCUT2D eigenvalue weighted by atomic mass is 10.1. The Kier molecular flexibility index (Phi) is 5.73. The first kappa shape index (κ1) is 18.9. The van der Waals surface area contributed by atoms with E-state index in [1.807, 2.05) is 31.2 Å². The molecule has 0 aliphatic rings. The Morgan fingerprint density at radius 2 is 1.84 bits per heavy atom. The fourth-order valence-corrected chi connectivity index (χ4v) is 3.10. The molecule has 0 radical (unpaired) electrons. The number of halogens is 2. The van der Waals surface area contributed by atoms with E-state index in [9.17, 15) is 22.0 Å². The van der Waals surface area contributed by atoms with Crippen molar-refractivity contribution >= 4 is 21.6 Å². The van der Waals surface area contributed by atoms with Crippen LogP contribution < -0.4 is 9.62 Å². The zero-order chi connectivity index (χ0) is 18.6. The Morgan fingerprint density at radius 1 is 1.12 bits per heavy atom. The van der Waals surface area contributed by atoms with Crippen LogP contribution in [0.25, 0.3) is 0 Å². The predicted molar refractivity (Wildman–Crippen MR) is 91.6 cm³/mol. The molecule has 25 heavy (non-hydrogen) atoms. The fourth-order valence-electron chi connectivity index (χ4n) is 2.25. The molecule has 0 unspecified atom stereocenters. The lowest BCUT2D eigenvalue weighted by Crippen LogP contribution is -2.40. The number of anilines is 1. The molecule has 2 rings (SSSR count). The second-order valence-electron chi connectivity index (χ2n) is 5.63. The average molecular weight is 368 g/mol. The van der Waals surface area contributed by atoms with Crippen LogP contribution >= 0.6 is 0 Å². The maximum atomic E-state index is 13.4. The highest BCUT2D eigenvalue weighted by atomic mass is 32.2. The number of nitrogens with one attached hydrogen (secondary N) is 1. The highest BCUT2D eigenvalue weighted by Crippen LogP contribution is 2.20. The Morgan fingerprint density at radius 3 is 2.44 bits per heavy atom. The minimum atomic E-state index is -3.85. The molecule has 2 aromatic carbocycles. The van der Waals surface area contributed by atoms with E-state index in [0.29, 0.717) is 0 Å².